The van der Waals surface area contributed by atoms with Crippen LogP contribution in [0.3, 0.4) is 0 Å². The van der Waals surface area contributed by atoms with Gasteiger partial charge in [0.05, 0.1) is 0 Å². The van der Waals surface area contributed by atoms with E-state index in [1.54, 1.807) is 24.3 Å². The molecular formula is C12H16N2O2. The molecule has 1 amide bonds. The molecule has 0 saturated heterocycles. The zero-order valence-corrected chi connectivity index (χ0v) is 9.69. The number of benzene rings is 1. The fourth-order valence-corrected chi connectivity index (χ4v) is 1.23. The van der Waals surface area contributed by atoms with Gasteiger partial charge in [0.25, 0.3) is 5.91 Å². The van der Waals surface area contributed by atoms with E-state index in [2.05, 4.69) is 10.5 Å². The maximum atomic E-state index is 11.8. The molecule has 1 aromatic rings. The summed E-state index contributed by atoms with van der Waals surface area (Å²) in [7, 11) is 0. The van der Waals surface area contributed by atoms with Crippen LogP contribution in [-0.2, 0) is 4.79 Å². The first-order valence-electron chi connectivity index (χ1n) is 5.04. The number of amides is 1. The lowest BCUT2D eigenvalue weighted by Gasteiger charge is -2.20. The predicted molar refractivity (Wildman–Crippen MR) is 62.7 cm³/mol. The Morgan fingerprint density at radius 3 is 2.25 bits per heavy atom. The monoisotopic (exact) mass is 220 g/mol. The standard InChI is InChI=1S/C12H16N2O2/c1-12(2,3)13-11(15)10(14-16)9-7-5-4-6-8-9/h4-8,16H,1-3H3,(H,13,15). The highest BCUT2D eigenvalue weighted by Crippen LogP contribution is 2.04. The highest BCUT2D eigenvalue weighted by Gasteiger charge is 2.20. The summed E-state index contributed by atoms with van der Waals surface area (Å²) >= 11 is 0. The van der Waals surface area contributed by atoms with Crippen molar-refractivity contribution in [2.45, 2.75) is 26.3 Å². The molecule has 0 unspecified atom stereocenters. The summed E-state index contributed by atoms with van der Waals surface area (Å²) in [6.45, 7) is 5.60. The molecule has 0 aromatic heterocycles. The van der Waals surface area contributed by atoms with Crippen LogP contribution in [0.25, 0.3) is 0 Å². The molecule has 2 N–H and O–H groups in total. The number of oxime groups is 1. The second-order valence-electron chi connectivity index (χ2n) is 4.52. The van der Waals surface area contributed by atoms with Gasteiger partial charge < -0.3 is 10.5 Å². The fourth-order valence-electron chi connectivity index (χ4n) is 1.23. The molecule has 0 spiro atoms. The van der Waals surface area contributed by atoms with Gasteiger partial charge in [-0.1, -0.05) is 35.5 Å². The molecular weight excluding hydrogens is 204 g/mol. The Kier molecular flexibility index (Phi) is 3.66. The summed E-state index contributed by atoms with van der Waals surface area (Å²) in [6.07, 6.45) is 0. The SMILES string of the molecule is CC(C)(C)NC(=O)C(=NO)c1ccccc1. The van der Waals surface area contributed by atoms with E-state index >= 15 is 0 Å². The third-order valence-electron chi connectivity index (χ3n) is 1.85. The summed E-state index contributed by atoms with van der Waals surface area (Å²) in [5, 5.41) is 14.7. The van der Waals surface area contributed by atoms with Crippen molar-refractivity contribution in [2.75, 3.05) is 0 Å². The van der Waals surface area contributed by atoms with E-state index in [4.69, 9.17) is 5.21 Å². The van der Waals surface area contributed by atoms with Crippen molar-refractivity contribution < 1.29 is 10.0 Å². The summed E-state index contributed by atoms with van der Waals surface area (Å²) < 4.78 is 0. The highest BCUT2D eigenvalue weighted by atomic mass is 16.4. The van der Waals surface area contributed by atoms with Crippen LogP contribution in [0.5, 0.6) is 0 Å². The second-order valence-corrected chi connectivity index (χ2v) is 4.52. The first-order chi connectivity index (χ1) is 7.44. The third kappa shape index (κ3) is 3.38. The summed E-state index contributed by atoms with van der Waals surface area (Å²) in [5.74, 6) is -0.388. The molecule has 1 aromatic carbocycles. The maximum Gasteiger partial charge on any atom is 0.274 e. The Bertz CT molecular complexity index is 391. The van der Waals surface area contributed by atoms with E-state index in [1.807, 2.05) is 26.8 Å². The first-order valence-corrected chi connectivity index (χ1v) is 5.04. The normalized spacial score (nSPS) is 12.3. The highest BCUT2D eigenvalue weighted by molar-refractivity contribution is 6.45. The Hall–Kier alpha value is -1.84. The smallest absolute Gasteiger partial charge is 0.274 e. The van der Waals surface area contributed by atoms with Crippen molar-refractivity contribution in [3.63, 3.8) is 0 Å². The van der Waals surface area contributed by atoms with E-state index in [9.17, 15) is 4.79 Å². The molecule has 0 aliphatic heterocycles. The molecule has 16 heavy (non-hydrogen) atoms. The summed E-state index contributed by atoms with van der Waals surface area (Å²) in [4.78, 5) is 11.8. The van der Waals surface area contributed by atoms with Crippen LogP contribution in [0.4, 0.5) is 0 Å². The van der Waals surface area contributed by atoms with Crippen molar-refractivity contribution in [3.8, 4) is 0 Å². The minimum absolute atomic E-state index is 0.0236. The zero-order chi connectivity index (χ0) is 12.2. The van der Waals surface area contributed by atoms with Crippen LogP contribution in [0.15, 0.2) is 35.5 Å². The lowest BCUT2D eigenvalue weighted by atomic mass is 10.1. The molecule has 0 saturated carbocycles. The van der Waals surface area contributed by atoms with Gasteiger partial charge in [0.2, 0.25) is 0 Å². The average Bonchev–Trinajstić information content (AvgIpc) is 2.17. The molecule has 0 heterocycles. The van der Waals surface area contributed by atoms with E-state index in [-0.39, 0.29) is 17.2 Å². The molecule has 0 fully saturated rings. The number of hydrogen-bond donors (Lipinski definition) is 2. The van der Waals surface area contributed by atoms with Crippen molar-refractivity contribution in [1.29, 1.82) is 0 Å². The maximum absolute atomic E-state index is 11.8. The number of rotatable bonds is 2. The molecule has 0 aliphatic carbocycles. The summed E-state index contributed by atoms with van der Waals surface area (Å²) in [5.41, 5.74) is 0.254. The van der Waals surface area contributed by atoms with Crippen molar-refractivity contribution in [2.24, 2.45) is 5.16 Å². The molecule has 0 radical (unpaired) electrons. The van der Waals surface area contributed by atoms with Gasteiger partial charge in [-0.15, -0.1) is 0 Å². The average molecular weight is 220 g/mol. The van der Waals surface area contributed by atoms with Gasteiger partial charge in [0, 0.05) is 11.1 Å². The predicted octanol–water partition coefficient (Wildman–Crippen LogP) is 1.78. The van der Waals surface area contributed by atoms with Gasteiger partial charge in [-0.25, -0.2) is 0 Å². The van der Waals surface area contributed by atoms with Crippen LogP contribution < -0.4 is 5.32 Å². The molecule has 0 aliphatic rings. The molecule has 1 rings (SSSR count). The zero-order valence-electron chi connectivity index (χ0n) is 9.69. The fraction of sp³-hybridized carbons (Fsp3) is 0.333. The van der Waals surface area contributed by atoms with Gasteiger partial charge in [0.15, 0.2) is 5.71 Å². The van der Waals surface area contributed by atoms with E-state index in [0.29, 0.717) is 5.56 Å². The Balaban J connectivity index is 2.90. The third-order valence-corrected chi connectivity index (χ3v) is 1.85. The minimum Gasteiger partial charge on any atom is -0.410 e. The summed E-state index contributed by atoms with van der Waals surface area (Å²) in [6, 6.07) is 8.84. The number of hydrogen-bond acceptors (Lipinski definition) is 3. The van der Waals surface area contributed by atoms with Crippen molar-refractivity contribution in [1.82, 2.24) is 5.32 Å². The van der Waals surface area contributed by atoms with Gasteiger partial charge >= 0.3 is 0 Å². The molecule has 4 nitrogen and oxygen atoms in total. The topological polar surface area (TPSA) is 61.7 Å². The number of carbonyl (C=O) groups is 1. The Morgan fingerprint density at radius 1 is 1.25 bits per heavy atom. The number of carbonyl (C=O) groups excluding carboxylic acids is 1. The molecule has 0 bridgehead atoms. The largest absolute Gasteiger partial charge is 0.410 e. The Labute approximate surface area is 95.0 Å². The van der Waals surface area contributed by atoms with Crippen LogP contribution in [0.1, 0.15) is 26.3 Å². The molecule has 86 valence electrons. The lowest BCUT2D eigenvalue weighted by Crippen LogP contribution is -2.44. The van der Waals surface area contributed by atoms with Crippen LogP contribution in [0, 0.1) is 0 Å². The van der Waals surface area contributed by atoms with Crippen molar-refractivity contribution in [3.05, 3.63) is 35.9 Å². The van der Waals surface area contributed by atoms with Gasteiger partial charge in [-0.2, -0.15) is 0 Å². The van der Waals surface area contributed by atoms with Gasteiger partial charge in [-0.3, -0.25) is 4.79 Å². The van der Waals surface area contributed by atoms with E-state index in [0.717, 1.165) is 0 Å². The van der Waals surface area contributed by atoms with Crippen LogP contribution >= 0.6 is 0 Å². The van der Waals surface area contributed by atoms with Crippen LogP contribution in [-0.4, -0.2) is 22.4 Å². The molecule has 4 heteroatoms. The van der Waals surface area contributed by atoms with E-state index in [1.165, 1.54) is 0 Å². The molecule has 0 atom stereocenters. The van der Waals surface area contributed by atoms with Gasteiger partial charge in [-0.05, 0) is 20.8 Å². The van der Waals surface area contributed by atoms with Gasteiger partial charge in [0.1, 0.15) is 0 Å². The quantitative estimate of drug-likeness (QED) is 0.453. The van der Waals surface area contributed by atoms with E-state index < -0.39 is 0 Å². The Morgan fingerprint density at radius 2 is 1.81 bits per heavy atom. The first kappa shape index (κ1) is 12.2. The van der Waals surface area contributed by atoms with Crippen LogP contribution in [0.2, 0.25) is 0 Å². The van der Waals surface area contributed by atoms with Crippen molar-refractivity contribution >= 4 is 11.6 Å². The lowest BCUT2D eigenvalue weighted by molar-refractivity contribution is -0.116. The second kappa shape index (κ2) is 4.79. The number of nitrogens with one attached hydrogen (secondary N) is 1. The number of nitrogens with zero attached hydrogens (tertiary/aromatic N) is 1. The minimum atomic E-state index is -0.388.